The monoisotopic (exact) mass is 248 g/mol. The number of ether oxygens (including phenoxy) is 1. The smallest absolute Gasteiger partial charge is 0.0906 e. The van der Waals surface area contributed by atoms with Crippen molar-refractivity contribution in [3.63, 3.8) is 0 Å². The first-order chi connectivity index (χ1) is 8.77. The minimum Gasteiger partial charge on any atom is -0.411 e. The first-order valence-electron chi connectivity index (χ1n) is 6.34. The lowest BCUT2D eigenvalue weighted by molar-refractivity contribution is 0.188. The van der Waals surface area contributed by atoms with Crippen molar-refractivity contribution < 1.29 is 9.94 Å². The van der Waals surface area contributed by atoms with Gasteiger partial charge in [0, 0.05) is 44.0 Å². The third kappa shape index (κ3) is 2.48. The fourth-order valence-electron chi connectivity index (χ4n) is 2.46. The summed E-state index contributed by atoms with van der Waals surface area (Å²) < 4.78 is 5.14. The third-order valence-corrected chi connectivity index (χ3v) is 3.51. The summed E-state index contributed by atoms with van der Waals surface area (Å²) in [6, 6.07) is 8.52. The van der Waals surface area contributed by atoms with Crippen LogP contribution in [-0.2, 0) is 4.74 Å². The SMILES string of the molecule is COCCC(C)N1CC/C(=N/O)c2ccccc21. The van der Waals surface area contributed by atoms with E-state index in [0.29, 0.717) is 6.04 Å². The van der Waals surface area contributed by atoms with Crippen LogP contribution in [-0.4, -0.2) is 37.2 Å². The van der Waals surface area contributed by atoms with Crippen LogP contribution in [0.25, 0.3) is 0 Å². The van der Waals surface area contributed by atoms with E-state index in [1.807, 2.05) is 18.2 Å². The third-order valence-electron chi connectivity index (χ3n) is 3.51. The maximum atomic E-state index is 9.05. The number of anilines is 1. The number of para-hydroxylation sites is 1. The van der Waals surface area contributed by atoms with Crippen LogP contribution >= 0.6 is 0 Å². The fraction of sp³-hybridized carbons (Fsp3) is 0.500. The van der Waals surface area contributed by atoms with Crippen LogP contribution in [0.3, 0.4) is 0 Å². The van der Waals surface area contributed by atoms with Crippen molar-refractivity contribution in [2.45, 2.75) is 25.8 Å². The normalized spacial score (nSPS) is 18.8. The molecule has 0 saturated carbocycles. The lowest BCUT2D eigenvalue weighted by Crippen LogP contribution is -2.39. The summed E-state index contributed by atoms with van der Waals surface area (Å²) in [5, 5.41) is 12.5. The molecule has 1 unspecified atom stereocenters. The molecule has 0 aliphatic carbocycles. The molecule has 98 valence electrons. The van der Waals surface area contributed by atoms with Gasteiger partial charge in [0.2, 0.25) is 0 Å². The molecule has 1 aromatic rings. The Labute approximate surface area is 108 Å². The minimum absolute atomic E-state index is 0.423. The highest BCUT2D eigenvalue weighted by Gasteiger charge is 2.24. The number of oxime groups is 1. The molecule has 4 heteroatoms. The van der Waals surface area contributed by atoms with Gasteiger partial charge in [0.15, 0.2) is 0 Å². The van der Waals surface area contributed by atoms with Gasteiger partial charge in [-0.2, -0.15) is 0 Å². The number of fused-ring (bicyclic) bond motifs is 1. The topological polar surface area (TPSA) is 45.1 Å². The van der Waals surface area contributed by atoms with E-state index in [4.69, 9.17) is 9.94 Å². The predicted octanol–water partition coefficient (Wildman–Crippen LogP) is 2.50. The van der Waals surface area contributed by atoms with E-state index in [1.165, 1.54) is 0 Å². The standard InChI is InChI=1S/C14H20N2O2/c1-11(8-10-18-2)16-9-7-13(15-17)12-5-3-4-6-14(12)16/h3-6,11,17H,7-10H2,1-2H3/b15-13-. The molecule has 0 spiro atoms. The van der Waals surface area contributed by atoms with E-state index < -0.39 is 0 Å². The summed E-state index contributed by atoms with van der Waals surface area (Å²) in [5.74, 6) is 0. The largest absolute Gasteiger partial charge is 0.411 e. The van der Waals surface area contributed by atoms with Crippen molar-refractivity contribution in [1.29, 1.82) is 0 Å². The molecule has 1 aliphatic rings. The van der Waals surface area contributed by atoms with Crippen molar-refractivity contribution in [1.82, 2.24) is 0 Å². The molecule has 0 saturated heterocycles. The van der Waals surface area contributed by atoms with Gasteiger partial charge < -0.3 is 14.8 Å². The number of hydrogen-bond acceptors (Lipinski definition) is 4. The van der Waals surface area contributed by atoms with Gasteiger partial charge in [-0.25, -0.2) is 0 Å². The molecule has 0 fully saturated rings. The second-order valence-corrected chi connectivity index (χ2v) is 4.64. The van der Waals surface area contributed by atoms with Gasteiger partial charge in [-0.1, -0.05) is 23.4 Å². The first kappa shape index (κ1) is 12.9. The maximum absolute atomic E-state index is 9.05. The molecule has 0 aromatic heterocycles. The zero-order chi connectivity index (χ0) is 13.0. The van der Waals surface area contributed by atoms with Crippen molar-refractivity contribution in [2.24, 2.45) is 5.16 Å². The van der Waals surface area contributed by atoms with Gasteiger partial charge in [0.25, 0.3) is 0 Å². The van der Waals surface area contributed by atoms with Crippen LogP contribution in [0.4, 0.5) is 5.69 Å². The molecular weight excluding hydrogens is 228 g/mol. The van der Waals surface area contributed by atoms with Gasteiger partial charge >= 0.3 is 0 Å². The molecular formula is C14H20N2O2. The quantitative estimate of drug-likeness (QED) is 0.657. The summed E-state index contributed by atoms with van der Waals surface area (Å²) in [4.78, 5) is 2.36. The van der Waals surface area contributed by atoms with Crippen LogP contribution in [0, 0.1) is 0 Å². The lowest BCUT2D eigenvalue weighted by atomic mass is 9.97. The molecule has 4 nitrogen and oxygen atoms in total. The Hall–Kier alpha value is -1.55. The van der Waals surface area contributed by atoms with E-state index in [2.05, 4.69) is 23.0 Å². The van der Waals surface area contributed by atoms with Gasteiger partial charge in [-0.15, -0.1) is 0 Å². The summed E-state index contributed by atoms with van der Waals surface area (Å²) in [5.41, 5.74) is 2.97. The Morgan fingerprint density at radius 2 is 2.22 bits per heavy atom. The van der Waals surface area contributed by atoms with Crippen molar-refractivity contribution in [3.8, 4) is 0 Å². The lowest BCUT2D eigenvalue weighted by Gasteiger charge is -2.36. The highest BCUT2D eigenvalue weighted by Crippen LogP contribution is 2.29. The van der Waals surface area contributed by atoms with Gasteiger partial charge in [-0.3, -0.25) is 0 Å². The highest BCUT2D eigenvalue weighted by atomic mass is 16.5. The van der Waals surface area contributed by atoms with Crippen LogP contribution in [0.5, 0.6) is 0 Å². The molecule has 2 rings (SSSR count). The van der Waals surface area contributed by atoms with Crippen LogP contribution in [0.2, 0.25) is 0 Å². The van der Waals surface area contributed by atoms with E-state index in [9.17, 15) is 0 Å². The van der Waals surface area contributed by atoms with E-state index in [0.717, 1.165) is 43.0 Å². The molecule has 1 aliphatic heterocycles. The summed E-state index contributed by atoms with van der Waals surface area (Å²) >= 11 is 0. The van der Waals surface area contributed by atoms with Gasteiger partial charge in [-0.05, 0) is 19.4 Å². The van der Waals surface area contributed by atoms with Crippen molar-refractivity contribution in [2.75, 3.05) is 25.2 Å². The van der Waals surface area contributed by atoms with Crippen molar-refractivity contribution in [3.05, 3.63) is 29.8 Å². The molecule has 0 amide bonds. The van der Waals surface area contributed by atoms with E-state index in [1.54, 1.807) is 7.11 Å². The van der Waals surface area contributed by atoms with Gasteiger partial charge in [0.1, 0.15) is 0 Å². The zero-order valence-corrected chi connectivity index (χ0v) is 11.0. The van der Waals surface area contributed by atoms with Gasteiger partial charge in [0.05, 0.1) is 5.71 Å². The number of hydrogen-bond donors (Lipinski definition) is 1. The Morgan fingerprint density at radius 3 is 2.94 bits per heavy atom. The van der Waals surface area contributed by atoms with Crippen LogP contribution in [0.15, 0.2) is 29.4 Å². The number of methoxy groups -OCH3 is 1. The highest BCUT2D eigenvalue weighted by molar-refractivity contribution is 6.06. The zero-order valence-electron chi connectivity index (χ0n) is 11.0. The number of nitrogens with zero attached hydrogens (tertiary/aromatic N) is 2. The molecule has 18 heavy (non-hydrogen) atoms. The predicted molar refractivity (Wildman–Crippen MR) is 72.7 cm³/mol. The second kappa shape index (κ2) is 5.87. The molecule has 0 radical (unpaired) electrons. The Bertz CT molecular complexity index is 432. The molecule has 1 N–H and O–H groups in total. The summed E-state index contributed by atoms with van der Waals surface area (Å²) in [6.07, 6.45) is 1.78. The Balaban J connectivity index is 2.25. The maximum Gasteiger partial charge on any atom is 0.0906 e. The number of rotatable bonds is 4. The molecule has 1 atom stereocenters. The van der Waals surface area contributed by atoms with Crippen LogP contribution in [0.1, 0.15) is 25.3 Å². The summed E-state index contributed by atoms with van der Waals surface area (Å²) in [7, 11) is 1.73. The first-order valence-corrected chi connectivity index (χ1v) is 6.34. The van der Waals surface area contributed by atoms with Crippen LogP contribution < -0.4 is 4.90 Å². The van der Waals surface area contributed by atoms with E-state index >= 15 is 0 Å². The average Bonchev–Trinajstić information content (AvgIpc) is 2.43. The number of benzene rings is 1. The fourth-order valence-corrected chi connectivity index (χ4v) is 2.46. The minimum atomic E-state index is 0.423. The molecule has 1 aromatic carbocycles. The average molecular weight is 248 g/mol. The summed E-state index contributed by atoms with van der Waals surface area (Å²) in [6.45, 7) is 3.86. The van der Waals surface area contributed by atoms with E-state index in [-0.39, 0.29) is 0 Å². The van der Waals surface area contributed by atoms with Crippen molar-refractivity contribution >= 4 is 11.4 Å². The molecule has 0 bridgehead atoms. The Morgan fingerprint density at radius 1 is 1.44 bits per heavy atom. The second-order valence-electron chi connectivity index (χ2n) is 4.64. The molecule has 1 heterocycles. The Kier molecular flexibility index (Phi) is 4.20.